The molecule has 1 saturated heterocycles. The van der Waals surface area contributed by atoms with E-state index in [0.717, 1.165) is 42.4 Å². The molecule has 0 bridgehead atoms. The van der Waals surface area contributed by atoms with Gasteiger partial charge >= 0.3 is 0 Å². The van der Waals surface area contributed by atoms with E-state index in [1.54, 1.807) is 12.3 Å². The zero-order valence-electron chi connectivity index (χ0n) is 14.6. The number of aromatic amines is 2. The predicted molar refractivity (Wildman–Crippen MR) is 97.3 cm³/mol. The lowest BCUT2D eigenvalue weighted by atomic mass is 9.94. The van der Waals surface area contributed by atoms with Gasteiger partial charge in [0.2, 0.25) is 0 Å². The summed E-state index contributed by atoms with van der Waals surface area (Å²) in [4.78, 5) is 19.2. The van der Waals surface area contributed by atoms with E-state index in [9.17, 15) is 4.79 Å². The van der Waals surface area contributed by atoms with Gasteiger partial charge in [0, 0.05) is 42.7 Å². The fourth-order valence-corrected chi connectivity index (χ4v) is 3.31. The van der Waals surface area contributed by atoms with Gasteiger partial charge < -0.3 is 10.2 Å². The van der Waals surface area contributed by atoms with Crippen LogP contribution >= 0.6 is 0 Å². The van der Waals surface area contributed by atoms with Crippen LogP contribution in [0.1, 0.15) is 40.6 Å². The molecule has 3 N–H and O–H groups in total. The molecule has 3 aromatic rings. The topological polar surface area (TPSA) is 103 Å². The highest BCUT2D eigenvalue weighted by atomic mass is 16.2. The van der Waals surface area contributed by atoms with Crippen molar-refractivity contribution in [1.29, 1.82) is 0 Å². The van der Waals surface area contributed by atoms with E-state index < -0.39 is 0 Å². The molecule has 0 saturated carbocycles. The Kier molecular flexibility index (Phi) is 4.39. The van der Waals surface area contributed by atoms with Crippen LogP contribution in [0.2, 0.25) is 0 Å². The van der Waals surface area contributed by atoms with Crippen molar-refractivity contribution in [3.8, 4) is 0 Å². The number of nitrogens with zero attached hydrogens (tertiary/aromatic N) is 4. The van der Waals surface area contributed by atoms with E-state index in [-0.39, 0.29) is 11.8 Å². The number of piperidine rings is 1. The van der Waals surface area contributed by atoms with Gasteiger partial charge in [-0.05, 0) is 38.0 Å². The number of aromatic nitrogens is 5. The number of nitrogens with one attached hydrogen (secondary N) is 3. The maximum absolute atomic E-state index is 12.6. The Morgan fingerprint density at radius 1 is 1.27 bits per heavy atom. The first kappa shape index (κ1) is 16.3. The number of amides is 1. The van der Waals surface area contributed by atoms with Crippen LogP contribution < -0.4 is 5.32 Å². The average molecular weight is 351 g/mol. The highest BCUT2D eigenvalue weighted by Gasteiger charge is 2.27. The van der Waals surface area contributed by atoms with Crippen molar-refractivity contribution in [2.45, 2.75) is 25.7 Å². The molecular weight excluding hydrogens is 330 g/mol. The Hall–Kier alpha value is -3.16. The molecule has 134 valence electrons. The molecule has 1 unspecified atom stereocenters. The van der Waals surface area contributed by atoms with Crippen LogP contribution in [0.3, 0.4) is 0 Å². The summed E-state index contributed by atoms with van der Waals surface area (Å²) in [5, 5.41) is 16.9. The van der Waals surface area contributed by atoms with E-state index >= 15 is 0 Å². The van der Waals surface area contributed by atoms with E-state index in [0.29, 0.717) is 12.2 Å². The molecule has 8 nitrogen and oxygen atoms in total. The summed E-state index contributed by atoms with van der Waals surface area (Å²) in [5.41, 5.74) is 2.51. The Bertz CT molecular complexity index is 887. The largest absolute Gasteiger partial charge is 0.337 e. The summed E-state index contributed by atoms with van der Waals surface area (Å²) in [7, 11) is 0. The molecule has 4 heterocycles. The first-order valence-corrected chi connectivity index (χ1v) is 8.73. The summed E-state index contributed by atoms with van der Waals surface area (Å²) >= 11 is 0. The summed E-state index contributed by atoms with van der Waals surface area (Å²) in [5.74, 6) is 1.71. The van der Waals surface area contributed by atoms with Crippen LogP contribution in [0, 0.1) is 6.92 Å². The van der Waals surface area contributed by atoms with Crippen LogP contribution in [-0.2, 0) is 0 Å². The molecule has 0 aromatic carbocycles. The highest BCUT2D eigenvalue weighted by Crippen LogP contribution is 2.27. The molecule has 1 atom stereocenters. The van der Waals surface area contributed by atoms with Gasteiger partial charge in [0.1, 0.15) is 11.5 Å². The number of hydrogen-bond acceptors (Lipinski definition) is 5. The number of H-pyrrole nitrogens is 2. The molecule has 0 radical (unpaired) electrons. The molecule has 1 aliphatic heterocycles. The van der Waals surface area contributed by atoms with Crippen LogP contribution in [-0.4, -0.2) is 49.3 Å². The van der Waals surface area contributed by atoms with Crippen LogP contribution in [0.4, 0.5) is 11.6 Å². The first-order chi connectivity index (χ1) is 12.7. The fraction of sp³-hybridized carbons (Fsp3) is 0.333. The van der Waals surface area contributed by atoms with Crippen molar-refractivity contribution >= 4 is 17.5 Å². The molecular formula is C18H21N7O. The zero-order valence-corrected chi connectivity index (χ0v) is 14.6. The van der Waals surface area contributed by atoms with Gasteiger partial charge in [0.25, 0.3) is 5.91 Å². The van der Waals surface area contributed by atoms with Crippen molar-refractivity contribution < 1.29 is 4.79 Å². The van der Waals surface area contributed by atoms with Crippen molar-refractivity contribution in [2.75, 3.05) is 18.4 Å². The van der Waals surface area contributed by atoms with Crippen molar-refractivity contribution in [3.05, 3.63) is 53.6 Å². The van der Waals surface area contributed by atoms with Gasteiger partial charge in [-0.1, -0.05) is 6.07 Å². The molecule has 4 rings (SSSR count). The minimum atomic E-state index is -0.00604. The lowest BCUT2D eigenvalue weighted by molar-refractivity contribution is 0.0700. The molecule has 26 heavy (non-hydrogen) atoms. The highest BCUT2D eigenvalue weighted by molar-refractivity contribution is 5.92. The quantitative estimate of drug-likeness (QED) is 0.670. The third-order valence-corrected chi connectivity index (χ3v) is 4.59. The van der Waals surface area contributed by atoms with Crippen molar-refractivity contribution in [2.24, 2.45) is 0 Å². The molecule has 0 aliphatic carbocycles. The standard InChI is InChI=1S/C18H21N7O/c1-12-10-17(24-22-12)21-16-6-2-5-14(20-16)13-4-3-9-25(11-13)18(26)15-7-8-19-23-15/h2,5-8,10,13H,3-4,9,11H2,1H3,(H,19,23)(H2,20,21,22,24). The molecule has 1 aliphatic rings. The molecule has 1 fully saturated rings. The number of pyridine rings is 1. The first-order valence-electron chi connectivity index (χ1n) is 8.73. The van der Waals surface area contributed by atoms with Crippen LogP contribution in [0.15, 0.2) is 36.5 Å². The SMILES string of the molecule is Cc1cc(Nc2cccc(C3CCCN(C(=O)c4ccn[nH]4)C3)n2)n[nH]1. The zero-order chi connectivity index (χ0) is 17.9. The molecule has 8 heteroatoms. The number of anilines is 2. The second kappa shape index (κ2) is 6.99. The average Bonchev–Trinajstić information content (AvgIpc) is 3.33. The van der Waals surface area contributed by atoms with Gasteiger partial charge in [0.15, 0.2) is 5.82 Å². The van der Waals surface area contributed by atoms with Gasteiger partial charge in [-0.2, -0.15) is 10.2 Å². The van der Waals surface area contributed by atoms with Crippen molar-refractivity contribution in [3.63, 3.8) is 0 Å². The Balaban J connectivity index is 1.48. The fourth-order valence-electron chi connectivity index (χ4n) is 3.31. The molecule has 1 amide bonds. The summed E-state index contributed by atoms with van der Waals surface area (Å²) < 4.78 is 0. The second-order valence-electron chi connectivity index (χ2n) is 6.57. The maximum Gasteiger partial charge on any atom is 0.271 e. The second-order valence-corrected chi connectivity index (χ2v) is 6.57. The monoisotopic (exact) mass is 351 g/mol. The summed E-state index contributed by atoms with van der Waals surface area (Å²) in [6, 6.07) is 9.57. The van der Waals surface area contributed by atoms with E-state index in [1.807, 2.05) is 36.1 Å². The Labute approximate surface area is 151 Å². The molecule has 3 aromatic heterocycles. The van der Waals surface area contributed by atoms with E-state index in [4.69, 9.17) is 4.98 Å². The number of carbonyl (C=O) groups is 1. The third kappa shape index (κ3) is 3.44. The minimum absolute atomic E-state index is 0.00604. The van der Waals surface area contributed by atoms with E-state index in [1.165, 1.54) is 0 Å². The van der Waals surface area contributed by atoms with E-state index in [2.05, 4.69) is 25.7 Å². The van der Waals surface area contributed by atoms with Crippen LogP contribution in [0.25, 0.3) is 0 Å². The molecule has 0 spiro atoms. The number of likely N-dealkylation sites (tertiary alicyclic amines) is 1. The number of carbonyl (C=O) groups excluding carboxylic acids is 1. The number of rotatable bonds is 4. The number of aryl methyl sites for hydroxylation is 1. The van der Waals surface area contributed by atoms with Gasteiger partial charge in [0.05, 0.1) is 0 Å². The minimum Gasteiger partial charge on any atom is -0.337 e. The summed E-state index contributed by atoms with van der Waals surface area (Å²) in [6.07, 6.45) is 3.58. The Morgan fingerprint density at radius 2 is 2.19 bits per heavy atom. The van der Waals surface area contributed by atoms with Crippen LogP contribution in [0.5, 0.6) is 0 Å². The smallest absolute Gasteiger partial charge is 0.271 e. The third-order valence-electron chi connectivity index (χ3n) is 4.59. The van der Waals surface area contributed by atoms with Gasteiger partial charge in [-0.3, -0.25) is 15.0 Å². The maximum atomic E-state index is 12.6. The number of hydrogen-bond donors (Lipinski definition) is 3. The van der Waals surface area contributed by atoms with Gasteiger partial charge in [-0.15, -0.1) is 0 Å². The van der Waals surface area contributed by atoms with Gasteiger partial charge in [-0.25, -0.2) is 4.98 Å². The Morgan fingerprint density at radius 3 is 2.96 bits per heavy atom. The lowest BCUT2D eigenvalue weighted by Gasteiger charge is -2.32. The summed E-state index contributed by atoms with van der Waals surface area (Å²) in [6.45, 7) is 3.38. The normalized spacial score (nSPS) is 17.3. The lowest BCUT2D eigenvalue weighted by Crippen LogP contribution is -2.39. The van der Waals surface area contributed by atoms with Crippen molar-refractivity contribution in [1.82, 2.24) is 30.3 Å². The predicted octanol–water partition coefficient (Wildman–Crippen LogP) is 2.60.